The SMILES string of the molecule is C=CCC(CC=C)(CC=C)c1ccc(C(c2ccc(C(O)c3ccc(C)cc3)[n-]2)c2ccc(C(O)c3ccc(C)cc3)[n-]2)cc1.CCC[CH2][Sn+2][CH2]CCC. The molecule has 0 fully saturated rings. The van der Waals surface area contributed by atoms with Crippen molar-refractivity contribution < 1.29 is 10.2 Å². The van der Waals surface area contributed by atoms with Gasteiger partial charge >= 0.3 is 69.5 Å². The number of hydrogen-bond acceptors (Lipinski definition) is 2. The quantitative estimate of drug-likeness (QED) is 0.0466. The van der Waals surface area contributed by atoms with Crippen LogP contribution in [0.2, 0.25) is 8.87 Å². The third-order valence-electron chi connectivity index (χ3n) is 10.2. The first-order valence-corrected chi connectivity index (χ1v) is 23.6. The molecule has 2 aromatic heterocycles. The Morgan fingerprint density at radius 2 is 0.926 bits per heavy atom. The van der Waals surface area contributed by atoms with Crippen LogP contribution in [0.25, 0.3) is 0 Å². The molecule has 0 spiro atoms. The van der Waals surface area contributed by atoms with Crippen molar-refractivity contribution in [1.82, 2.24) is 9.97 Å². The van der Waals surface area contributed by atoms with E-state index in [1.807, 2.05) is 105 Å². The molecule has 2 atom stereocenters. The number of aliphatic hydroxyl groups is 2. The van der Waals surface area contributed by atoms with Gasteiger partial charge in [-0.05, 0) is 61.3 Å². The van der Waals surface area contributed by atoms with Crippen LogP contribution in [0.1, 0.15) is 133 Å². The molecule has 0 amide bonds. The number of aliphatic hydroxyl groups excluding tert-OH is 2. The number of nitrogens with zero attached hydrogens (tertiary/aromatic N) is 2. The van der Waals surface area contributed by atoms with E-state index < -0.39 is 12.2 Å². The van der Waals surface area contributed by atoms with Gasteiger partial charge in [-0.15, -0.1) is 42.5 Å². The van der Waals surface area contributed by atoms with Gasteiger partial charge in [0.15, 0.2) is 0 Å². The Morgan fingerprint density at radius 1 is 0.556 bits per heavy atom. The van der Waals surface area contributed by atoms with Crippen molar-refractivity contribution in [3.05, 3.63) is 191 Å². The fourth-order valence-corrected chi connectivity index (χ4v) is 11.1. The average Bonchev–Trinajstić information content (AvgIpc) is 3.87. The van der Waals surface area contributed by atoms with Crippen molar-refractivity contribution in [3.63, 3.8) is 0 Å². The van der Waals surface area contributed by atoms with Crippen LogP contribution < -0.4 is 9.97 Å². The number of benzene rings is 3. The van der Waals surface area contributed by atoms with Gasteiger partial charge in [0.05, 0.1) is 12.2 Å². The molecule has 0 saturated heterocycles. The summed E-state index contributed by atoms with van der Waals surface area (Å²) >= 11 is 0.149. The Balaban J connectivity index is 0.000000641. The number of allylic oxidation sites excluding steroid dienone is 3. The molecule has 282 valence electrons. The minimum atomic E-state index is -0.841. The Kier molecular flexibility index (Phi) is 17.4. The molecule has 5 rings (SSSR count). The molecule has 2 heterocycles. The maximum absolute atomic E-state index is 11.2. The normalized spacial score (nSPS) is 12.9. The predicted octanol–water partition coefficient (Wildman–Crippen LogP) is 11.7. The van der Waals surface area contributed by atoms with Crippen LogP contribution in [0.5, 0.6) is 0 Å². The first-order valence-electron chi connectivity index (χ1n) is 19.6. The van der Waals surface area contributed by atoms with Crippen molar-refractivity contribution in [2.24, 2.45) is 0 Å². The van der Waals surface area contributed by atoms with E-state index in [2.05, 4.69) is 57.8 Å². The molecule has 0 radical (unpaired) electrons. The Hall–Kier alpha value is -3.84. The summed E-state index contributed by atoms with van der Waals surface area (Å²) in [5.74, 6) is -0.301. The van der Waals surface area contributed by atoms with Crippen LogP contribution in [0.3, 0.4) is 0 Å². The first-order chi connectivity index (χ1) is 26.2. The van der Waals surface area contributed by atoms with Crippen molar-refractivity contribution in [1.29, 1.82) is 0 Å². The molecule has 0 bridgehead atoms. The zero-order chi connectivity index (χ0) is 38.9. The fourth-order valence-electron chi connectivity index (χ4n) is 6.94. The van der Waals surface area contributed by atoms with Crippen LogP contribution in [-0.2, 0) is 5.41 Å². The van der Waals surface area contributed by atoms with E-state index in [1.165, 1.54) is 31.2 Å². The summed E-state index contributed by atoms with van der Waals surface area (Å²) < 4.78 is 3.25. The minimum absolute atomic E-state index is 0.149. The van der Waals surface area contributed by atoms with Gasteiger partial charge in [0.1, 0.15) is 0 Å². The molecule has 0 saturated carbocycles. The van der Waals surface area contributed by atoms with Crippen LogP contribution in [-0.4, -0.2) is 31.4 Å². The second-order valence-corrected chi connectivity index (χ2v) is 18.8. The molecule has 54 heavy (non-hydrogen) atoms. The summed E-state index contributed by atoms with van der Waals surface area (Å²) in [5, 5.41) is 22.4. The Morgan fingerprint density at radius 3 is 1.30 bits per heavy atom. The van der Waals surface area contributed by atoms with E-state index in [0.717, 1.165) is 58.5 Å². The van der Waals surface area contributed by atoms with Gasteiger partial charge in [0.25, 0.3) is 0 Å². The standard InChI is InChI=1S/C41H42N2O2.2C4H9.Sn/c1-6-25-41(26-7-2,27-8-3)33-19-17-30(18-20-33)38(34-21-23-36(42-34)39(44)31-13-9-28(4)10-14-31)35-22-24-37(43-35)40(45)32-15-11-29(5)12-16-32;2*1-3-4-2;/h6-24,38-40,44-45H,1-3,25-27H2,4-5H3;2*1,3-4H2,2H3;/q-2;;;+2. The van der Waals surface area contributed by atoms with E-state index in [9.17, 15) is 10.2 Å². The maximum atomic E-state index is 11.2. The van der Waals surface area contributed by atoms with Crippen LogP contribution >= 0.6 is 0 Å². The van der Waals surface area contributed by atoms with E-state index >= 15 is 0 Å². The second-order valence-electron chi connectivity index (χ2n) is 14.5. The number of rotatable bonds is 20. The van der Waals surface area contributed by atoms with Crippen molar-refractivity contribution in [3.8, 4) is 0 Å². The Labute approximate surface area is 335 Å². The summed E-state index contributed by atoms with van der Waals surface area (Å²) in [6.07, 6.45) is 12.5. The fraction of sp³-hybridized carbons (Fsp3) is 0.347. The molecule has 5 heteroatoms. The molecule has 4 nitrogen and oxygen atoms in total. The molecule has 0 aliphatic heterocycles. The molecule has 2 unspecified atom stereocenters. The zero-order valence-corrected chi connectivity index (χ0v) is 35.8. The van der Waals surface area contributed by atoms with Gasteiger partial charge in [0.2, 0.25) is 0 Å². The van der Waals surface area contributed by atoms with Crippen molar-refractivity contribution >= 4 is 21.1 Å². The molecule has 0 aliphatic rings. The van der Waals surface area contributed by atoms with Crippen molar-refractivity contribution in [2.45, 2.75) is 105 Å². The molecular weight excluding hydrogens is 767 g/mol. The van der Waals surface area contributed by atoms with E-state index in [1.54, 1.807) is 8.87 Å². The van der Waals surface area contributed by atoms with E-state index in [-0.39, 0.29) is 32.5 Å². The number of unbranched alkanes of at least 4 members (excludes halogenated alkanes) is 2. The molecule has 2 N–H and O–H groups in total. The molecule has 0 aliphatic carbocycles. The predicted molar refractivity (Wildman–Crippen MR) is 229 cm³/mol. The summed E-state index contributed by atoms with van der Waals surface area (Å²) in [6.45, 7) is 20.7. The van der Waals surface area contributed by atoms with Gasteiger partial charge in [-0.25, -0.2) is 0 Å². The molecular formula is C49H60N2O2Sn. The van der Waals surface area contributed by atoms with E-state index in [4.69, 9.17) is 9.97 Å². The zero-order valence-electron chi connectivity index (χ0n) is 33.0. The third kappa shape index (κ3) is 11.6. The Bertz CT molecular complexity index is 1730. The summed E-state index contributed by atoms with van der Waals surface area (Å²) in [7, 11) is 0. The first kappa shape index (κ1) is 42.9. The summed E-state index contributed by atoms with van der Waals surface area (Å²) in [6, 6.07) is 32.0. The van der Waals surface area contributed by atoms with Gasteiger partial charge in [-0.1, -0.05) is 126 Å². The number of hydrogen-bond donors (Lipinski definition) is 2. The van der Waals surface area contributed by atoms with Gasteiger partial charge in [-0.3, -0.25) is 0 Å². The molecule has 5 aromatic rings. The molecule has 3 aromatic carbocycles. The van der Waals surface area contributed by atoms with Gasteiger partial charge in [-0.2, -0.15) is 0 Å². The van der Waals surface area contributed by atoms with Crippen molar-refractivity contribution in [2.75, 3.05) is 0 Å². The van der Waals surface area contributed by atoms with E-state index in [0.29, 0.717) is 11.4 Å². The second kappa shape index (κ2) is 21.9. The monoisotopic (exact) mass is 828 g/mol. The summed E-state index contributed by atoms with van der Waals surface area (Å²) in [5.41, 5.74) is 8.66. The van der Waals surface area contributed by atoms with Gasteiger partial charge in [0, 0.05) is 5.41 Å². The van der Waals surface area contributed by atoms with Crippen LogP contribution in [0.4, 0.5) is 0 Å². The van der Waals surface area contributed by atoms with Gasteiger partial charge < -0.3 is 20.2 Å². The topological polar surface area (TPSA) is 68.7 Å². The van der Waals surface area contributed by atoms with Crippen LogP contribution in [0, 0.1) is 13.8 Å². The summed E-state index contributed by atoms with van der Waals surface area (Å²) in [4.78, 5) is 9.90. The third-order valence-corrected chi connectivity index (χ3v) is 14.2. The average molecular weight is 828 g/mol. The van der Waals surface area contributed by atoms with Crippen LogP contribution in [0.15, 0.2) is 135 Å². The number of aryl methyl sites for hydroxylation is 2. The number of aromatic nitrogens is 2.